The van der Waals surface area contributed by atoms with Crippen molar-refractivity contribution < 1.29 is 39.1 Å². The van der Waals surface area contributed by atoms with Crippen molar-refractivity contribution in [3.63, 3.8) is 0 Å². The number of rotatable bonds is 7. The highest BCUT2D eigenvalue weighted by atomic mass is 16.7. The van der Waals surface area contributed by atoms with Gasteiger partial charge in [0.05, 0.1) is 13.2 Å². The van der Waals surface area contributed by atoms with Gasteiger partial charge in [0.15, 0.2) is 6.29 Å². The van der Waals surface area contributed by atoms with Gasteiger partial charge in [0.25, 0.3) is 0 Å². The number of aliphatic hydroxyl groups is 3. The zero-order valence-electron chi connectivity index (χ0n) is 12.2. The molecule has 1 fully saturated rings. The lowest BCUT2D eigenvalue weighted by atomic mass is 9.97. The fourth-order valence-corrected chi connectivity index (χ4v) is 1.98. The monoisotopic (exact) mass is 319 g/mol. The van der Waals surface area contributed by atoms with Gasteiger partial charge >= 0.3 is 5.97 Å². The second-order valence-electron chi connectivity index (χ2n) is 4.68. The lowest BCUT2D eigenvalue weighted by Crippen LogP contribution is -2.64. The van der Waals surface area contributed by atoms with Crippen LogP contribution >= 0.6 is 0 Å². The van der Waals surface area contributed by atoms with E-state index in [1.54, 1.807) is 0 Å². The van der Waals surface area contributed by atoms with Gasteiger partial charge in [-0.05, 0) is 0 Å². The Kier molecular flexibility index (Phi) is 7.42. The molecule has 4 N–H and O–H groups in total. The molecule has 1 aliphatic heterocycles. The second kappa shape index (κ2) is 8.81. The molecule has 0 aromatic heterocycles. The third-order valence-electron chi connectivity index (χ3n) is 3.03. The molecule has 1 rings (SSSR count). The Balaban J connectivity index is 2.62. The maximum Gasteiger partial charge on any atom is 0.330 e. The molecule has 22 heavy (non-hydrogen) atoms. The van der Waals surface area contributed by atoms with E-state index < -0.39 is 49.1 Å². The highest BCUT2D eigenvalue weighted by Crippen LogP contribution is 2.22. The van der Waals surface area contributed by atoms with Gasteiger partial charge in [-0.1, -0.05) is 6.58 Å². The van der Waals surface area contributed by atoms with Crippen molar-refractivity contribution in [1.29, 1.82) is 0 Å². The van der Waals surface area contributed by atoms with Gasteiger partial charge in [-0.15, -0.1) is 0 Å². The van der Waals surface area contributed by atoms with Crippen LogP contribution in [0.25, 0.3) is 0 Å². The number of nitrogens with one attached hydrogen (secondary N) is 1. The van der Waals surface area contributed by atoms with Crippen LogP contribution < -0.4 is 5.32 Å². The molecule has 0 radical (unpaired) electrons. The molecule has 1 heterocycles. The molecule has 9 nitrogen and oxygen atoms in total. The Morgan fingerprint density at radius 3 is 2.55 bits per heavy atom. The molecule has 0 spiro atoms. The first-order valence-electron chi connectivity index (χ1n) is 6.71. The van der Waals surface area contributed by atoms with E-state index in [0.717, 1.165) is 6.08 Å². The maximum absolute atomic E-state index is 11.2. The summed E-state index contributed by atoms with van der Waals surface area (Å²) in [6.45, 7) is 3.79. The fourth-order valence-electron chi connectivity index (χ4n) is 1.98. The van der Waals surface area contributed by atoms with Crippen molar-refractivity contribution in [2.45, 2.75) is 37.6 Å². The summed E-state index contributed by atoms with van der Waals surface area (Å²) in [7, 11) is 0. The molecule has 5 atom stereocenters. The van der Waals surface area contributed by atoms with Crippen LogP contribution in [0.2, 0.25) is 0 Å². The molecule has 1 aliphatic rings. The molecule has 126 valence electrons. The van der Waals surface area contributed by atoms with E-state index in [-0.39, 0.29) is 13.2 Å². The van der Waals surface area contributed by atoms with Gasteiger partial charge in [0, 0.05) is 13.0 Å². The molecule has 1 saturated heterocycles. The Morgan fingerprint density at radius 1 is 1.32 bits per heavy atom. The van der Waals surface area contributed by atoms with Gasteiger partial charge in [-0.2, -0.15) is 0 Å². The largest absolute Gasteiger partial charge is 0.460 e. The molecule has 1 amide bonds. The molecule has 5 unspecified atom stereocenters. The lowest BCUT2D eigenvalue weighted by molar-refractivity contribution is -0.271. The van der Waals surface area contributed by atoms with Crippen LogP contribution in [0, 0.1) is 0 Å². The Hall–Kier alpha value is -1.52. The van der Waals surface area contributed by atoms with Crippen molar-refractivity contribution >= 4 is 11.9 Å². The number of esters is 1. The van der Waals surface area contributed by atoms with Crippen molar-refractivity contribution in [3.8, 4) is 0 Å². The van der Waals surface area contributed by atoms with Gasteiger partial charge in [0.1, 0.15) is 31.0 Å². The topological polar surface area (TPSA) is 135 Å². The van der Waals surface area contributed by atoms with E-state index in [0.29, 0.717) is 0 Å². The molecular formula is C13H21NO8. The minimum absolute atomic E-state index is 0.0682. The van der Waals surface area contributed by atoms with Crippen LogP contribution in [0.1, 0.15) is 6.92 Å². The molecule has 0 aliphatic carbocycles. The number of carbonyl (C=O) groups excluding carboxylic acids is 2. The zero-order valence-corrected chi connectivity index (χ0v) is 12.2. The summed E-state index contributed by atoms with van der Waals surface area (Å²) in [6.07, 6.45) is -3.92. The van der Waals surface area contributed by atoms with Gasteiger partial charge in [0.2, 0.25) is 5.91 Å². The fraction of sp³-hybridized carbons (Fsp3) is 0.692. The summed E-state index contributed by atoms with van der Waals surface area (Å²) < 4.78 is 15.3. The SMILES string of the molecule is C=CC(=O)OCCOC1OC(CO)C(O)C(O)C1NC(C)=O. The van der Waals surface area contributed by atoms with E-state index in [1.165, 1.54) is 6.92 Å². The van der Waals surface area contributed by atoms with Crippen LogP contribution in [0.4, 0.5) is 0 Å². The number of hydrogen-bond donors (Lipinski definition) is 4. The van der Waals surface area contributed by atoms with Gasteiger partial charge in [-0.3, -0.25) is 4.79 Å². The zero-order chi connectivity index (χ0) is 16.7. The van der Waals surface area contributed by atoms with Crippen LogP contribution in [-0.4, -0.2) is 77.7 Å². The van der Waals surface area contributed by atoms with Crippen LogP contribution in [0.3, 0.4) is 0 Å². The summed E-state index contributed by atoms with van der Waals surface area (Å²) in [6, 6.07) is -1.02. The Morgan fingerprint density at radius 2 is 2.00 bits per heavy atom. The minimum Gasteiger partial charge on any atom is -0.460 e. The highest BCUT2D eigenvalue weighted by Gasteiger charge is 2.45. The normalized spacial score (nSPS) is 31.4. The summed E-state index contributed by atoms with van der Waals surface area (Å²) in [5.74, 6) is -1.07. The van der Waals surface area contributed by atoms with Crippen LogP contribution in [0.5, 0.6) is 0 Å². The number of hydrogen-bond acceptors (Lipinski definition) is 8. The van der Waals surface area contributed by atoms with E-state index in [9.17, 15) is 19.8 Å². The Labute approximate surface area is 127 Å². The number of ether oxygens (including phenoxy) is 3. The molecule has 0 saturated carbocycles. The number of amides is 1. The average molecular weight is 319 g/mol. The Bertz CT molecular complexity index is 402. The number of carbonyl (C=O) groups is 2. The van der Waals surface area contributed by atoms with E-state index in [2.05, 4.69) is 11.9 Å². The van der Waals surface area contributed by atoms with Crippen molar-refractivity contribution in [2.75, 3.05) is 19.8 Å². The summed E-state index contributed by atoms with van der Waals surface area (Å²) >= 11 is 0. The van der Waals surface area contributed by atoms with E-state index >= 15 is 0 Å². The van der Waals surface area contributed by atoms with Gasteiger partial charge in [-0.25, -0.2) is 4.79 Å². The smallest absolute Gasteiger partial charge is 0.330 e. The van der Waals surface area contributed by atoms with E-state index in [4.69, 9.17) is 19.3 Å². The van der Waals surface area contributed by atoms with E-state index in [1.807, 2.05) is 0 Å². The first-order valence-corrected chi connectivity index (χ1v) is 6.71. The molecule has 0 aromatic carbocycles. The molecule has 9 heteroatoms. The second-order valence-corrected chi connectivity index (χ2v) is 4.68. The highest BCUT2D eigenvalue weighted by molar-refractivity contribution is 5.81. The van der Waals surface area contributed by atoms with Crippen molar-refractivity contribution in [3.05, 3.63) is 12.7 Å². The third-order valence-corrected chi connectivity index (χ3v) is 3.03. The average Bonchev–Trinajstić information content (AvgIpc) is 2.49. The first kappa shape index (κ1) is 18.5. The quantitative estimate of drug-likeness (QED) is 0.233. The maximum atomic E-state index is 11.2. The van der Waals surface area contributed by atoms with Crippen molar-refractivity contribution in [1.82, 2.24) is 5.32 Å². The number of aliphatic hydroxyl groups excluding tert-OH is 3. The molecular weight excluding hydrogens is 298 g/mol. The summed E-state index contributed by atoms with van der Waals surface area (Å²) in [5.41, 5.74) is 0. The third kappa shape index (κ3) is 5.04. The predicted octanol–water partition coefficient (Wildman–Crippen LogP) is -2.32. The van der Waals surface area contributed by atoms with Crippen molar-refractivity contribution in [2.24, 2.45) is 0 Å². The predicted molar refractivity (Wildman–Crippen MR) is 72.5 cm³/mol. The standard InChI is InChI=1S/C13H21NO8/c1-3-9(17)20-4-5-21-13-10(14-7(2)16)12(19)11(18)8(6-15)22-13/h3,8,10-13,15,18-19H,1,4-6H2,2H3,(H,14,16). The summed E-state index contributed by atoms with van der Waals surface area (Å²) in [4.78, 5) is 22.1. The van der Waals surface area contributed by atoms with Gasteiger partial charge < -0.3 is 34.8 Å². The summed E-state index contributed by atoms with van der Waals surface area (Å²) in [5, 5.41) is 31.3. The minimum atomic E-state index is -1.38. The van der Waals surface area contributed by atoms with Crippen LogP contribution in [-0.2, 0) is 23.8 Å². The lowest BCUT2D eigenvalue weighted by Gasteiger charge is -2.42. The first-order chi connectivity index (χ1) is 10.4. The molecule has 0 bridgehead atoms. The molecule has 0 aromatic rings. The van der Waals surface area contributed by atoms with Crippen LogP contribution in [0.15, 0.2) is 12.7 Å².